The van der Waals surface area contributed by atoms with Gasteiger partial charge in [-0.2, -0.15) is 0 Å². The van der Waals surface area contributed by atoms with Crippen molar-refractivity contribution >= 4 is 23.5 Å². The molecule has 1 aromatic rings. The zero-order valence-corrected chi connectivity index (χ0v) is 16.2. The van der Waals surface area contributed by atoms with Crippen LogP contribution in [-0.4, -0.2) is 42.5 Å². The van der Waals surface area contributed by atoms with E-state index in [1.807, 2.05) is 37.3 Å². The largest absolute Gasteiger partial charge is 0.460 e. The Morgan fingerprint density at radius 3 is 2.52 bits per heavy atom. The van der Waals surface area contributed by atoms with E-state index in [0.29, 0.717) is 0 Å². The number of carbonyl (C=O) groups is 2. The molecule has 0 aliphatic carbocycles. The van der Waals surface area contributed by atoms with Gasteiger partial charge in [0.05, 0.1) is 12.6 Å². The number of Topliss-reactive ketones (excluding diaryl/α,β-unsaturated/α-hetero) is 1. The van der Waals surface area contributed by atoms with Crippen LogP contribution >= 0.6 is 11.8 Å². The number of thioether (sulfide) groups is 1. The molecule has 0 saturated heterocycles. The van der Waals surface area contributed by atoms with E-state index >= 15 is 0 Å². The molecule has 2 unspecified atom stereocenters. The lowest BCUT2D eigenvalue weighted by atomic mass is 10.1. The Hall–Kier alpha value is -1.37. The zero-order chi connectivity index (χ0) is 18.5. The van der Waals surface area contributed by atoms with Crippen molar-refractivity contribution in [3.05, 3.63) is 35.9 Å². The lowest BCUT2D eigenvalue weighted by Gasteiger charge is -2.21. The maximum Gasteiger partial charge on any atom is 0.320 e. The number of carbonyl (C=O) groups excluding carboxylic acids is 2. The molecular weight excluding hydrogens is 336 g/mol. The lowest BCUT2D eigenvalue weighted by Crippen LogP contribution is -2.47. The minimum atomic E-state index is -0.395. The summed E-state index contributed by atoms with van der Waals surface area (Å²) in [6, 6.07) is 9.35. The van der Waals surface area contributed by atoms with Crippen molar-refractivity contribution in [1.29, 1.82) is 0 Å². The van der Waals surface area contributed by atoms with Gasteiger partial charge in [0.15, 0.2) is 5.78 Å². The number of ketones is 1. The first-order chi connectivity index (χ1) is 12.1. The van der Waals surface area contributed by atoms with Crippen molar-refractivity contribution in [2.75, 3.05) is 19.3 Å². The van der Waals surface area contributed by atoms with Gasteiger partial charge >= 0.3 is 5.97 Å². The van der Waals surface area contributed by atoms with E-state index < -0.39 is 5.37 Å². The van der Waals surface area contributed by atoms with Crippen LogP contribution in [0.1, 0.15) is 38.7 Å². The van der Waals surface area contributed by atoms with Crippen LogP contribution < -0.4 is 10.6 Å². The first kappa shape index (κ1) is 21.7. The second kappa shape index (κ2) is 12.9. The van der Waals surface area contributed by atoms with Gasteiger partial charge in [0.1, 0.15) is 12.0 Å². The normalized spacial score (nSPS) is 13.2. The van der Waals surface area contributed by atoms with E-state index in [-0.39, 0.29) is 30.9 Å². The van der Waals surface area contributed by atoms with Crippen molar-refractivity contribution in [3.63, 3.8) is 0 Å². The summed E-state index contributed by atoms with van der Waals surface area (Å²) in [7, 11) is 1.79. The average Bonchev–Trinajstić information content (AvgIpc) is 2.64. The molecule has 25 heavy (non-hydrogen) atoms. The van der Waals surface area contributed by atoms with Gasteiger partial charge in [0.25, 0.3) is 0 Å². The average molecular weight is 367 g/mol. The quantitative estimate of drug-likeness (QED) is 0.318. The SMILES string of the molecule is CCCCSC(NCC(=O)OCc1ccccc1)C(=O)C(CC)NC. The Bertz CT molecular complexity index is 507. The summed E-state index contributed by atoms with van der Waals surface area (Å²) in [5.74, 6) is 0.622. The van der Waals surface area contributed by atoms with Crippen molar-refractivity contribution in [1.82, 2.24) is 10.6 Å². The summed E-state index contributed by atoms with van der Waals surface area (Å²) in [6.45, 7) is 4.37. The molecule has 0 bridgehead atoms. The van der Waals surface area contributed by atoms with Gasteiger partial charge in [0, 0.05) is 0 Å². The molecule has 1 rings (SSSR count). The van der Waals surface area contributed by atoms with Crippen molar-refractivity contribution in [2.45, 2.75) is 51.1 Å². The fraction of sp³-hybridized carbons (Fsp3) is 0.579. The molecule has 1 aromatic carbocycles. The highest BCUT2D eigenvalue weighted by Crippen LogP contribution is 2.14. The van der Waals surface area contributed by atoms with Gasteiger partial charge in [-0.25, -0.2) is 0 Å². The molecule has 0 saturated carbocycles. The summed E-state index contributed by atoms with van der Waals surface area (Å²) < 4.78 is 5.26. The highest BCUT2D eigenvalue weighted by atomic mass is 32.2. The first-order valence-corrected chi connectivity index (χ1v) is 9.92. The Morgan fingerprint density at radius 1 is 1.20 bits per heavy atom. The summed E-state index contributed by atoms with van der Waals surface area (Å²) in [6.07, 6.45) is 2.85. The van der Waals surface area contributed by atoms with E-state index in [0.717, 1.165) is 30.6 Å². The molecule has 0 aliphatic rings. The molecule has 6 heteroatoms. The van der Waals surface area contributed by atoms with Crippen molar-refractivity contribution < 1.29 is 14.3 Å². The summed E-state index contributed by atoms with van der Waals surface area (Å²) >= 11 is 1.56. The highest BCUT2D eigenvalue weighted by Gasteiger charge is 2.25. The van der Waals surface area contributed by atoms with E-state index in [9.17, 15) is 9.59 Å². The molecule has 0 fully saturated rings. The second-order valence-electron chi connectivity index (χ2n) is 5.78. The molecule has 0 aromatic heterocycles. The molecule has 2 atom stereocenters. The lowest BCUT2D eigenvalue weighted by molar-refractivity contribution is -0.143. The van der Waals surface area contributed by atoms with Crippen LogP contribution in [-0.2, 0) is 20.9 Å². The van der Waals surface area contributed by atoms with Crippen LogP contribution in [0.15, 0.2) is 30.3 Å². The van der Waals surface area contributed by atoms with Gasteiger partial charge in [-0.3, -0.25) is 14.9 Å². The van der Waals surface area contributed by atoms with E-state index in [1.54, 1.807) is 18.8 Å². The van der Waals surface area contributed by atoms with Gasteiger partial charge in [-0.05, 0) is 31.2 Å². The fourth-order valence-corrected chi connectivity index (χ4v) is 3.50. The number of likely N-dealkylation sites (N-methyl/N-ethyl adjacent to an activating group) is 1. The van der Waals surface area contributed by atoms with Crippen LogP contribution in [0.4, 0.5) is 0 Å². The Kier molecular flexibility index (Phi) is 11.2. The number of unbranched alkanes of at least 4 members (excludes halogenated alkanes) is 1. The van der Waals surface area contributed by atoms with Gasteiger partial charge in [-0.1, -0.05) is 50.6 Å². The first-order valence-electron chi connectivity index (χ1n) is 8.87. The monoisotopic (exact) mass is 366 g/mol. The van der Waals surface area contributed by atoms with Gasteiger partial charge in [0.2, 0.25) is 0 Å². The number of hydrogen-bond donors (Lipinski definition) is 2. The van der Waals surface area contributed by atoms with Gasteiger partial charge in [-0.15, -0.1) is 11.8 Å². The Labute approximate surface area is 155 Å². The molecule has 140 valence electrons. The molecule has 2 N–H and O–H groups in total. The highest BCUT2D eigenvalue weighted by molar-refractivity contribution is 8.00. The molecule has 0 heterocycles. The number of rotatable bonds is 13. The maximum atomic E-state index is 12.6. The topological polar surface area (TPSA) is 67.4 Å². The summed E-state index contributed by atoms with van der Waals surface area (Å²) in [5.41, 5.74) is 0.946. The molecule has 0 amide bonds. The second-order valence-corrected chi connectivity index (χ2v) is 7.00. The van der Waals surface area contributed by atoms with Gasteiger partial charge < -0.3 is 10.1 Å². The number of hydrogen-bond acceptors (Lipinski definition) is 6. The van der Waals surface area contributed by atoms with Crippen LogP contribution in [0.5, 0.6) is 0 Å². The fourth-order valence-electron chi connectivity index (χ4n) is 2.28. The third kappa shape index (κ3) is 8.52. The Morgan fingerprint density at radius 2 is 1.92 bits per heavy atom. The minimum absolute atomic E-state index is 0.0303. The standard InChI is InChI=1S/C19H30N2O3S/c1-4-6-12-25-19(18(23)16(5-2)20-3)21-13-17(22)24-14-15-10-8-7-9-11-15/h7-11,16,19-21H,4-6,12-14H2,1-3H3. The van der Waals surface area contributed by atoms with Crippen LogP contribution in [0.25, 0.3) is 0 Å². The predicted molar refractivity (Wildman–Crippen MR) is 104 cm³/mol. The number of benzene rings is 1. The minimum Gasteiger partial charge on any atom is -0.460 e. The van der Waals surface area contributed by atoms with Crippen LogP contribution in [0, 0.1) is 0 Å². The Balaban J connectivity index is 2.49. The third-order valence-electron chi connectivity index (χ3n) is 3.82. The van der Waals surface area contributed by atoms with Crippen molar-refractivity contribution in [3.8, 4) is 0 Å². The number of nitrogens with one attached hydrogen (secondary N) is 2. The molecule has 0 spiro atoms. The third-order valence-corrected chi connectivity index (χ3v) is 5.07. The van der Waals surface area contributed by atoms with E-state index in [4.69, 9.17) is 4.74 Å². The van der Waals surface area contributed by atoms with Crippen LogP contribution in [0.2, 0.25) is 0 Å². The maximum absolute atomic E-state index is 12.6. The van der Waals surface area contributed by atoms with Crippen molar-refractivity contribution in [2.24, 2.45) is 0 Å². The van der Waals surface area contributed by atoms with E-state index in [1.165, 1.54) is 0 Å². The summed E-state index contributed by atoms with van der Waals surface area (Å²) in [4.78, 5) is 24.6. The number of ether oxygens (including phenoxy) is 1. The molecule has 0 radical (unpaired) electrons. The van der Waals surface area contributed by atoms with E-state index in [2.05, 4.69) is 17.6 Å². The summed E-state index contributed by atoms with van der Waals surface area (Å²) in [5, 5.41) is 5.70. The smallest absolute Gasteiger partial charge is 0.320 e. The van der Waals surface area contributed by atoms with Crippen LogP contribution in [0.3, 0.4) is 0 Å². The number of esters is 1. The molecule has 5 nitrogen and oxygen atoms in total. The molecule has 0 aliphatic heterocycles. The zero-order valence-electron chi connectivity index (χ0n) is 15.4. The molecular formula is C19H30N2O3S. The predicted octanol–water partition coefficient (Wildman–Crippen LogP) is 2.75.